The van der Waals surface area contributed by atoms with E-state index in [1.807, 2.05) is 11.8 Å². The van der Waals surface area contributed by atoms with E-state index in [-0.39, 0.29) is 17.2 Å². The van der Waals surface area contributed by atoms with Crippen molar-refractivity contribution in [3.8, 4) is 0 Å². The first kappa shape index (κ1) is 13.9. The van der Waals surface area contributed by atoms with E-state index < -0.39 is 11.9 Å². The van der Waals surface area contributed by atoms with Gasteiger partial charge in [0, 0.05) is 17.9 Å². The van der Waals surface area contributed by atoms with E-state index >= 15 is 0 Å². The number of ether oxygens (including phenoxy) is 1. The first-order valence-electron chi connectivity index (χ1n) is 6.53. The molecule has 0 radical (unpaired) electrons. The Morgan fingerprint density at radius 2 is 2.33 bits per heavy atom. The summed E-state index contributed by atoms with van der Waals surface area (Å²) in [4.78, 5) is 27.6. The van der Waals surface area contributed by atoms with Crippen LogP contribution in [0.4, 0.5) is 0 Å². The minimum absolute atomic E-state index is 0.0945. The van der Waals surface area contributed by atoms with E-state index in [9.17, 15) is 14.7 Å². The Kier molecular flexibility index (Phi) is 3.59. The molecule has 0 aliphatic carbocycles. The number of methoxy groups -OCH3 is 1. The molecule has 0 aromatic carbocycles. The molecule has 110 valence electrons. The molecular formula is C14H14N2O4S. The lowest BCUT2D eigenvalue weighted by atomic mass is 10.1. The predicted octanol–water partition coefficient (Wildman–Crippen LogP) is 2.04. The van der Waals surface area contributed by atoms with Crippen LogP contribution in [0.2, 0.25) is 0 Å². The van der Waals surface area contributed by atoms with Crippen LogP contribution in [-0.4, -0.2) is 45.0 Å². The number of nitrogens with zero attached hydrogens (tertiary/aromatic N) is 2. The molecule has 1 N–H and O–H groups in total. The van der Waals surface area contributed by atoms with E-state index in [1.54, 1.807) is 22.7 Å². The second-order valence-electron chi connectivity index (χ2n) is 4.82. The fraction of sp³-hybridized carbons (Fsp3) is 0.357. The van der Waals surface area contributed by atoms with Gasteiger partial charge >= 0.3 is 11.9 Å². The minimum Gasteiger partial charge on any atom is -0.476 e. The maximum atomic E-state index is 11.9. The van der Waals surface area contributed by atoms with Crippen molar-refractivity contribution in [1.82, 2.24) is 9.38 Å². The summed E-state index contributed by atoms with van der Waals surface area (Å²) in [6.07, 6.45) is 2.71. The molecule has 0 saturated carbocycles. The smallest absolute Gasteiger partial charge is 0.356 e. The third-order valence-corrected chi connectivity index (χ3v) is 4.76. The van der Waals surface area contributed by atoms with Gasteiger partial charge in [0.15, 0.2) is 5.69 Å². The molecular weight excluding hydrogens is 292 g/mol. The largest absolute Gasteiger partial charge is 0.476 e. The molecule has 0 bridgehead atoms. The van der Waals surface area contributed by atoms with Crippen LogP contribution >= 0.6 is 11.8 Å². The Hall–Kier alpha value is -2.02. The van der Waals surface area contributed by atoms with E-state index in [1.165, 1.54) is 7.11 Å². The molecule has 3 heterocycles. The van der Waals surface area contributed by atoms with Gasteiger partial charge in [0.1, 0.15) is 5.82 Å². The Morgan fingerprint density at radius 3 is 2.95 bits per heavy atom. The maximum absolute atomic E-state index is 11.9. The highest BCUT2D eigenvalue weighted by atomic mass is 32.2. The van der Waals surface area contributed by atoms with Crippen LogP contribution in [-0.2, 0) is 4.74 Å². The van der Waals surface area contributed by atoms with Gasteiger partial charge in [-0.15, -0.1) is 0 Å². The number of hydrogen-bond donors (Lipinski definition) is 1. The Bertz CT molecular complexity index is 719. The van der Waals surface area contributed by atoms with Gasteiger partial charge in [-0.3, -0.25) is 0 Å². The standard InChI is InChI=1S/C14H14N2O4S/c1-20-14(19)9-3-2-5-16-11(9)10(13(17)18)15-12(16)8-4-6-21-7-8/h2-3,5,8H,4,6-7H2,1H3,(H,17,18). The Balaban J connectivity index is 2.27. The summed E-state index contributed by atoms with van der Waals surface area (Å²) in [5, 5.41) is 9.38. The van der Waals surface area contributed by atoms with Gasteiger partial charge in [-0.1, -0.05) is 0 Å². The molecule has 1 fully saturated rings. The van der Waals surface area contributed by atoms with Crippen LogP contribution in [0, 0.1) is 0 Å². The molecule has 1 aliphatic heterocycles. The molecule has 2 aromatic rings. The number of pyridine rings is 1. The van der Waals surface area contributed by atoms with E-state index in [4.69, 9.17) is 4.74 Å². The van der Waals surface area contributed by atoms with Crippen molar-refractivity contribution in [2.45, 2.75) is 12.3 Å². The second kappa shape index (κ2) is 5.40. The lowest BCUT2D eigenvalue weighted by molar-refractivity contribution is 0.0602. The molecule has 1 saturated heterocycles. The average molecular weight is 306 g/mol. The number of fused-ring (bicyclic) bond motifs is 1. The Labute approximate surface area is 125 Å². The molecule has 7 heteroatoms. The summed E-state index contributed by atoms with van der Waals surface area (Å²) >= 11 is 1.83. The van der Waals surface area contributed by atoms with Crippen molar-refractivity contribution in [3.63, 3.8) is 0 Å². The monoisotopic (exact) mass is 306 g/mol. The number of rotatable bonds is 3. The van der Waals surface area contributed by atoms with Gasteiger partial charge in [-0.25, -0.2) is 14.6 Å². The van der Waals surface area contributed by atoms with Gasteiger partial charge in [-0.05, 0) is 24.3 Å². The van der Waals surface area contributed by atoms with E-state index in [0.29, 0.717) is 11.3 Å². The third kappa shape index (κ3) is 2.27. The number of aromatic nitrogens is 2. The summed E-state index contributed by atoms with van der Waals surface area (Å²) in [5.41, 5.74) is 0.438. The van der Waals surface area contributed by atoms with E-state index in [2.05, 4.69) is 4.98 Å². The number of aromatic carboxylic acids is 1. The molecule has 3 rings (SSSR count). The highest BCUT2D eigenvalue weighted by molar-refractivity contribution is 7.99. The number of imidazole rings is 1. The van der Waals surface area contributed by atoms with Crippen LogP contribution < -0.4 is 0 Å². The molecule has 2 aromatic heterocycles. The maximum Gasteiger partial charge on any atom is 0.356 e. The van der Waals surface area contributed by atoms with Crippen molar-refractivity contribution in [2.24, 2.45) is 0 Å². The molecule has 1 atom stereocenters. The fourth-order valence-electron chi connectivity index (χ4n) is 2.61. The predicted molar refractivity (Wildman–Crippen MR) is 78.2 cm³/mol. The number of carboxylic acids is 1. The van der Waals surface area contributed by atoms with Gasteiger partial charge in [-0.2, -0.15) is 11.8 Å². The number of hydrogen-bond acceptors (Lipinski definition) is 5. The van der Waals surface area contributed by atoms with Crippen molar-refractivity contribution >= 4 is 29.2 Å². The second-order valence-corrected chi connectivity index (χ2v) is 5.97. The van der Waals surface area contributed by atoms with Crippen LogP contribution in [0.15, 0.2) is 18.3 Å². The minimum atomic E-state index is -1.14. The first-order chi connectivity index (χ1) is 10.1. The Morgan fingerprint density at radius 1 is 1.52 bits per heavy atom. The first-order valence-corrected chi connectivity index (χ1v) is 7.69. The molecule has 1 unspecified atom stereocenters. The van der Waals surface area contributed by atoms with Gasteiger partial charge in [0.25, 0.3) is 0 Å². The fourth-order valence-corrected chi connectivity index (χ4v) is 3.83. The quantitative estimate of drug-likeness (QED) is 0.874. The number of esters is 1. The van der Waals surface area contributed by atoms with Gasteiger partial charge in [0.05, 0.1) is 18.2 Å². The van der Waals surface area contributed by atoms with Crippen molar-refractivity contribution in [3.05, 3.63) is 35.4 Å². The molecule has 21 heavy (non-hydrogen) atoms. The number of thioether (sulfide) groups is 1. The average Bonchev–Trinajstić information content (AvgIpc) is 3.12. The van der Waals surface area contributed by atoms with Crippen molar-refractivity contribution in [1.29, 1.82) is 0 Å². The summed E-state index contributed by atoms with van der Waals surface area (Å²) < 4.78 is 6.45. The van der Waals surface area contributed by atoms with Gasteiger partial charge in [0.2, 0.25) is 0 Å². The zero-order valence-electron chi connectivity index (χ0n) is 11.4. The van der Waals surface area contributed by atoms with Gasteiger partial charge < -0.3 is 14.2 Å². The summed E-state index contributed by atoms with van der Waals surface area (Å²) in [7, 11) is 1.27. The highest BCUT2D eigenvalue weighted by Crippen LogP contribution is 2.33. The number of carbonyl (C=O) groups is 2. The molecule has 6 nitrogen and oxygen atoms in total. The lowest BCUT2D eigenvalue weighted by Gasteiger charge is -2.08. The van der Waals surface area contributed by atoms with Crippen LogP contribution in [0.1, 0.15) is 39.0 Å². The van der Waals surface area contributed by atoms with Crippen LogP contribution in [0.3, 0.4) is 0 Å². The van der Waals surface area contributed by atoms with Crippen molar-refractivity contribution in [2.75, 3.05) is 18.6 Å². The third-order valence-electron chi connectivity index (χ3n) is 3.59. The highest BCUT2D eigenvalue weighted by Gasteiger charge is 2.28. The molecule has 0 amide bonds. The molecule has 0 spiro atoms. The van der Waals surface area contributed by atoms with E-state index in [0.717, 1.165) is 17.9 Å². The van der Waals surface area contributed by atoms with Crippen LogP contribution in [0.5, 0.6) is 0 Å². The zero-order chi connectivity index (χ0) is 15.0. The summed E-state index contributed by atoms with van der Waals surface area (Å²) in [5.74, 6) is 1.18. The summed E-state index contributed by atoms with van der Waals surface area (Å²) in [6.45, 7) is 0. The van der Waals surface area contributed by atoms with Crippen molar-refractivity contribution < 1.29 is 19.4 Å². The number of carbonyl (C=O) groups excluding carboxylic acids is 1. The number of carboxylic acid groups (broad SMARTS) is 1. The zero-order valence-corrected chi connectivity index (χ0v) is 12.2. The SMILES string of the molecule is COC(=O)c1cccn2c(C3CCSC3)nc(C(=O)O)c12. The topological polar surface area (TPSA) is 80.9 Å². The molecule has 1 aliphatic rings. The summed E-state index contributed by atoms with van der Waals surface area (Å²) in [6, 6.07) is 3.26. The normalized spacial score (nSPS) is 18.0. The van der Waals surface area contributed by atoms with Crippen LogP contribution in [0.25, 0.3) is 5.52 Å². The lowest BCUT2D eigenvalue weighted by Crippen LogP contribution is -2.07.